The maximum Gasteiger partial charge on any atom is 0.345 e. The Morgan fingerprint density at radius 3 is 2.04 bits per heavy atom. The minimum atomic E-state index is -3.61. The number of carbonyl (C=O) groups is 1. The highest BCUT2D eigenvalue weighted by atomic mass is 31.2. The number of benzene rings is 1. The van der Waals surface area contributed by atoms with Crippen LogP contribution in [0.5, 0.6) is 5.75 Å². The molecule has 0 aliphatic heterocycles. The average Bonchev–Trinajstić information content (AvgIpc) is 2.53. The Kier molecular flexibility index (Phi) is 8.31. The predicted octanol–water partition coefficient (Wildman–Crippen LogP) is 3.44. The standard InChI is InChI=1S/C16H25O6P/c1-5-20-16(17)15(23(18,21-6-2)22-7-3)12-13-8-10-14(19-4)11-9-13/h8-11,15H,5-7,12H2,1-4H3. The van der Waals surface area contributed by atoms with Crippen LogP contribution < -0.4 is 4.74 Å². The molecular formula is C16H25O6P. The molecular weight excluding hydrogens is 319 g/mol. The summed E-state index contributed by atoms with van der Waals surface area (Å²) >= 11 is 0. The Bertz CT molecular complexity index is 518. The van der Waals surface area contributed by atoms with Crippen molar-refractivity contribution < 1.29 is 27.9 Å². The molecule has 7 heteroatoms. The largest absolute Gasteiger partial charge is 0.497 e. The summed E-state index contributed by atoms with van der Waals surface area (Å²) in [5, 5.41) is 0. The zero-order valence-electron chi connectivity index (χ0n) is 14.1. The Morgan fingerprint density at radius 1 is 1.04 bits per heavy atom. The lowest BCUT2D eigenvalue weighted by atomic mass is 10.1. The fourth-order valence-corrected chi connectivity index (χ4v) is 4.05. The minimum Gasteiger partial charge on any atom is -0.497 e. The van der Waals surface area contributed by atoms with Crippen LogP contribution >= 0.6 is 7.60 Å². The normalized spacial score (nSPS) is 12.7. The van der Waals surface area contributed by atoms with Gasteiger partial charge in [-0.05, 0) is 44.9 Å². The van der Waals surface area contributed by atoms with E-state index in [1.807, 2.05) is 12.1 Å². The first-order chi connectivity index (χ1) is 11.0. The van der Waals surface area contributed by atoms with Crippen molar-refractivity contribution in [2.75, 3.05) is 26.9 Å². The van der Waals surface area contributed by atoms with Gasteiger partial charge in [-0.25, -0.2) is 0 Å². The summed E-state index contributed by atoms with van der Waals surface area (Å²) in [7, 11) is -2.03. The smallest absolute Gasteiger partial charge is 0.345 e. The molecule has 6 nitrogen and oxygen atoms in total. The van der Waals surface area contributed by atoms with E-state index in [4.69, 9.17) is 18.5 Å². The maximum atomic E-state index is 13.0. The van der Waals surface area contributed by atoms with Crippen molar-refractivity contribution in [3.8, 4) is 5.75 Å². The van der Waals surface area contributed by atoms with E-state index >= 15 is 0 Å². The topological polar surface area (TPSA) is 71.1 Å². The molecule has 0 aromatic heterocycles. The summed E-state index contributed by atoms with van der Waals surface area (Å²) < 4.78 is 33.8. The van der Waals surface area contributed by atoms with E-state index in [9.17, 15) is 9.36 Å². The number of rotatable bonds is 10. The van der Waals surface area contributed by atoms with Crippen molar-refractivity contribution in [1.82, 2.24) is 0 Å². The summed E-state index contributed by atoms with van der Waals surface area (Å²) in [4.78, 5) is 12.3. The van der Waals surface area contributed by atoms with Crippen molar-refractivity contribution in [3.05, 3.63) is 29.8 Å². The molecule has 0 bridgehead atoms. The van der Waals surface area contributed by atoms with Gasteiger partial charge < -0.3 is 18.5 Å². The second-order valence-electron chi connectivity index (χ2n) is 4.70. The van der Waals surface area contributed by atoms with Gasteiger partial charge in [-0.1, -0.05) is 12.1 Å². The van der Waals surface area contributed by atoms with Crippen molar-refractivity contribution in [1.29, 1.82) is 0 Å². The molecule has 1 rings (SSSR count). The maximum absolute atomic E-state index is 13.0. The van der Waals surface area contributed by atoms with Crippen molar-refractivity contribution >= 4 is 13.6 Å². The average molecular weight is 344 g/mol. The highest BCUT2D eigenvalue weighted by Gasteiger charge is 2.42. The molecule has 0 saturated heterocycles. The summed E-state index contributed by atoms with van der Waals surface area (Å²) in [5.41, 5.74) is -0.167. The highest BCUT2D eigenvalue weighted by molar-refractivity contribution is 7.55. The first-order valence-electron chi connectivity index (χ1n) is 7.69. The number of carbonyl (C=O) groups excluding carboxylic acids is 1. The number of methoxy groups -OCH3 is 1. The lowest BCUT2D eigenvalue weighted by Gasteiger charge is -2.25. The van der Waals surface area contributed by atoms with Crippen LogP contribution in [0, 0.1) is 0 Å². The van der Waals surface area contributed by atoms with Crippen molar-refractivity contribution in [2.45, 2.75) is 32.9 Å². The molecule has 1 atom stereocenters. The lowest BCUT2D eigenvalue weighted by Crippen LogP contribution is -2.28. The fourth-order valence-electron chi connectivity index (χ4n) is 2.12. The van der Waals surface area contributed by atoms with Crippen LogP contribution in [-0.4, -0.2) is 38.6 Å². The molecule has 0 amide bonds. The molecule has 0 heterocycles. The molecule has 0 aliphatic carbocycles. The molecule has 0 N–H and O–H groups in total. The second-order valence-corrected chi connectivity index (χ2v) is 6.91. The quantitative estimate of drug-likeness (QED) is 0.478. The number of hydrogen-bond donors (Lipinski definition) is 0. The van der Waals surface area contributed by atoms with Crippen molar-refractivity contribution in [2.24, 2.45) is 0 Å². The molecule has 0 radical (unpaired) electrons. The first-order valence-corrected chi connectivity index (χ1v) is 9.30. The molecule has 1 aromatic rings. The van der Waals surface area contributed by atoms with E-state index in [2.05, 4.69) is 0 Å². The van der Waals surface area contributed by atoms with E-state index in [0.717, 1.165) is 5.56 Å². The van der Waals surface area contributed by atoms with Crippen LogP contribution in [0.15, 0.2) is 24.3 Å². The van der Waals surface area contributed by atoms with Gasteiger partial charge in [0.15, 0.2) is 5.66 Å². The van der Waals surface area contributed by atoms with Gasteiger partial charge >= 0.3 is 13.6 Å². The van der Waals surface area contributed by atoms with Gasteiger partial charge in [-0.2, -0.15) is 0 Å². The molecule has 1 unspecified atom stereocenters. The van der Waals surface area contributed by atoms with E-state index in [1.165, 1.54) is 0 Å². The van der Waals surface area contributed by atoms with E-state index in [1.54, 1.807) is 40.0 Å². The third-order valence-corrected chi connectivity index (χ3v) is 5.54. The summed E-state index contributed by atoms with van der Waals surface area (Å²) in [6.07, 6.45) is 0.208. The fraction of sp³-hybridized carbons (Fsp3) is 0.562. The molecule has 0 saturated carbocycles. The van der Waals surface area contributed by atoms with E-state index < -0.39 is 19.2 Å². The van der Waals surface area contributed by atoms with Crippen molar-refractivity contribution in [3.63, 3.8) is 0 Å². The lowest BCUT2D eigenvalue weighted by molar-refractivity contribution is -0.143. The Morgan fingerprint density at radius 2 is 1.61 bits per heavy atom. The van der Waals surface area contributed by atoms with Crippen LogP contribution in [0.4, 0.5) is 0 Å². The SMILES string of the molecule is CCOC(=O)C(Cc1ccc(OC)cc1)P(=O)(OCC)OCC. The molecule has 0 aliphatic rings. The van der Waals surface area contributed by atoms with Crippen LogP contribution in [0.25, 0.3) is 0 Å². The van der Waals surface area contributed by atoms with Crippen LogP contribution in [0.3, 0.4) is 0 Å². The van der Waals surface area contributed by atoms with Gasteiger partial charge in [-0.15, -0.1) is 0 Å². The monoisotopic (exact) mass is 344 g/mol. The number of hydrogen-bond acceptors (Lipinski definition) is 6. The molecule has 130 valence electrons. The Balaban J connectivity index is 3.07. The van der Waals surface area contributed by atoms with Gasteiger partial charge in [0.25, 0.3) is 0 Å². The summed E-state index contributed by atoms with van der Waals surface area (Å²) in [6.45, 7) is 5.71. The zero-order chi connectivity index (χ0) is 17.3. The minimum absolute atomic E-state index is 0.190. The third-order valence-electron chi connectivity index (χ3n) is 3.15. The molecule has 0 spiro atoms. The first kappa shape index (κ1) is 19.7. The Labute approximate surface area is 137 Å². The van der Waals surface area contributed by atoms with Gasteiger partial charge in [0.1, 0.15) is 5.75 Å². The molecule has 1 aromatic carbocycles. The Hall–Kier alpha value is -1.36. The van der Waals surface area contributed by atoms with Crippen LogP contribution in [0.1, 0.15) is 26.3 Å². The van der Waals surface area contributed by atoms with Crippen LogP contribution in [-0.2, 0) is 29.6 Å². The predicted molar refractivity (Wildman–Crippen MR) is 88.0 cm³/mol. The summed E-state index contributed by atoms with van der Waals surface area (Å²) in [5.74, 6) is 0.132. The third kappa shape index (κ3) is 5.65. The molecule has 23 heavy (non-hydrogen) atoms. The van der Waals surface area contributed by atoms with Gasteiger partial charge in [0.05, 0.1) is 26.9 Å². The second kappa shape index (κ2) is 9.71. The summed E-state index contributed by atoms with van der Waals surface area (Å²) in [6, 6.07) is 7.19. The zero-order valence-corrected chi connectivity index (χ0v) is 15.0. The van der Waals surface area contributed by atoms with Crippen LogP contribution in [0.2, 0.25) is 0 Å². The van der Waals surface area contributed by atoms with E-state index in [0.29, 0.717) is 5.75 Å². The van der Waals surface area contributed by atoms with Gasteiger partial charge in [0.2, 0.25) is 0 Å². The van der Waals surface area contributed by atoms with E-state index in [-0.39, 0.29) is 26.2 Å². The highest BCUT2D eigenvalue weighted by Crippen LogP contribution is 2.54. The molecule has 0 fully saturated rings. The van der Waals surface area contributed by atoms with Gasteiger partial charge in [0, 0.05) is 0 Å². The number of ether oxygens (including phenoxy) is 2. The number of esters is 1. The van der Waals surface area contributed by atoms with Gasteiger partial charge in [-0.3, -0.25) is 9.36 Å².